The Balaban J connectivity index is 2.09. The molecule has 102 valence electrons. The van der Waals surface area contributed by atoms with Crippen molar-refractivity contribution >= 4 is 8.32 Å². The van der Waals surface area contributed by atoms with E-state index in [-0.39, 0.29) is 5.82 Å². The molecule has 0 aliphatic carbocycles. The summed E-state index contributed by atoms with van der Waals surface area (Å²) in [6, 6.07) is 8.17. The summed E-state index contributed by atoms with van der Waals surface area (Å²) in [7, 11) is 0.471. The van der Waals surface area contributed by atoms with E-state index < -0.39 is 8.32 Å². The van der Waals surface area contributed by atoms with Crippen LogP contribution in [-0.2, 0) is 10.8 Å². The highest BCUT2D eigenvalue weighted by atomic mass is 28.4. The van der Waals surface area contributed by atoms with Gasteiger partial charge in [0.2, 0.25) is 0 Å². The van der Waals surface area contributed by atoms with Crippen molar-refractivity contribution in [2.45, 2.75) is 51.2 Å². The average molecular weight is 268 g/mol. The highest BCUT2D eigenvalue weighted by Gasteiger charge is 2.18. The lowest BCUT2D eigenvalue weighted by Crippen LogP contribution is -2.27. The second-order valence-electron chi connectivity index (χ2n) is 5.51. The molecule has 0 atom stereocenters. The Labute approximate surface area is 111 Å². The van der Waals surface area contributed by atoms with E-state index in [4.69, 9.17) is 4.43 Å². The van der Waals surface area contributed by atoms with Crippen LogP contribution in [0.15, 0.2) is 24.3 Å². The summed E-state index contributed by atoms with van der Waals surface area (Å²) in [6.45, 7) is 4.53. The Kier molecular flexibility index (Phi) is 6.58. The summed E-state index contributed by atoms with van der Waals surface area (Å²) >= 11 is 0. The molecule has 18 heavy (non-hydrogen) atoms. The van der Waals surface area contributed by atoms with Crippen LogP contribution in [0.5, 0.6) is 0 Å². The van der Waals surface area contributed by atoms with E-state index in [0.29, 0.717) is 0 Å². The minimum atomic E-state index is -1.36. The van der Waals surface area contributed by atoms with Crippen molar-refractivity contribution in [1.82, 2.24) is 0 Å². The lowest BCUT2D eigenvalue weighted by molar-refractivity contribution is 0.401. The third kappa shape index (κ3) is 6.31. The van der Waals surface area contributed by atoms with Gasteiger partial charge in [-0.2, -0.15) is 0 Å². The molecule has 1 aromatic carbocycles. The molecule has 0 unspecified atom stereocenters. The van der Waals surface area contributed by atoms with Gasteiger partial charge in [0.15, 0.2) is 8.32 Å². The third-order valence-corrected chi connectivity index (χ3v) is 6.10. The fourth-order valence-corrected chi connectivity index (χ4v) is 3.33. The number of hydrogen-bond donors (Lipinski definition) is 0. The topological polar surface area (TPSA) is 9.23 Å². The van der Waals surface area contributed by atoms with Crippen LogP contribution in [0.25, 0.3) is 0 Å². The summed E-state index contributed by atoms with van der Waals surface area (Å²) in [5.41, 5.74) is 1.11. The molecule has 1 nitrogen and oxygen atoms in total. The minimum Gasteiger partial charge on any atom is -0.420 e. The first kappa shape index (κ1) is 15.4. The van der Waals surface area contributed by atoms with Crippen molar-refractivity contribution in [3.63, 3.8) is 0 Å². The van der Waals surface area contributed by atoms with Gasteiger partial charge in [-0.3, -0.25) is 0 Å². The predicted molar refractivity (Wildman–Crippen MR) is 77.9 cm³/mol. The van der Waals surface area contributed by atoms with Gasteiger partial charge in [-0.1, -0.05) is 31.4 Å². The first-order valence-electron chi connectivity index (χ1n) is 6.83. The second kappa shape index (κ2) is 7.69. The Morgan fingerprint density at radius 2 is 1.83 bits per heavy atom. The molecular formula is C15H25FOSi. The van der Waals surface area contributed by atoms with Crippen LogP contribution < -0.4 is 0 Å². The Morgan fingerprint density at radius 3 is 2.50 bits per heavy atom. The van der Waals surface area contributed by atoms with Crippen LogP contribution in [0, 0.1) is 5.82 Å². The SMILES string of the molecule is CO[Si](C)(C)CCCCCCc1cccc(F)c1. The van der Waals surface area contributed by atoms with Gasteiger partial charge in [0, 0.05) is 7.11 Å². The van der Waals surface area contributed by atoms with Gasteiger partial charge in [-0.25, -0.2) is 4.39 Å². The fourth-order valence-electron chi connectivity index (χ4n) is 2.03. The van der Waals surface area contributed by atoms with Gasteiger partial charge in [-0.05, 0) is 49.7 Å². The Morgan fingerprint density at radius 1 is 1.11 bits per heavy atom. The van der Waals surface area contributed by atoms with Crippen molar-refractivity contribution in [2.24, 2.45) is 0 Å². The summed E-state index contributed by atoms with van der Waals surface area (Å²) in [5.74, 6) is -0.125. The quantitative estimate of drug-likeness (QED) is 0.487. The molecule has 0 spiro atoms. The number of unbranched alkanes of at least 4 members (excludes halogenated alkanes) is 3. The molecule has 0 saturated heterocycles. The van der Waals surface area contributed by atoms with Crippen LogP contribution >= 0.6 is 0 Å². The van der Waals surface area contributed by atoms with Crippen LogP contribution in [0.2, 0.25) is 19.1 Å². The molecule has 0 N–H and O–H groups in total. The zero-order valence-electron chi connectivity index (χ0n) is 11.8. The molecule has 0 fully saturated rings. The van der Waals surface area contributed by atoms with Gasteiger partial charge >= 0.3 is 0 Å². The Hall–Kier alpha value is -0.673. The van der Waals surface area contributed by atoms with E-state index in [1.54, 1.807) is 12.1 Å². The first-order chi connectivity index (χ1) is 8.53. The molecule has 0 bridgehead atoms. The van der Waals surface area contributed by atoms with Crippen molar-refractivity contribution in [3.05, 3.63) is 35.6 Å². The number of halogens is 1. The minimum absolute atomic E-state index is 0.125. The summed E-state index contributed by atoms with van der Waals surface area (Å²) in [6.07, 6.45) is 5.89. The van der Waals surface area contributed by atoms with Crippen molar-refractivity contribution in [1.29, 1.82) is 0 Å². The van der Waals surface area contributed by atoms with Gasteiger partial charge in [-0.15, -0.1) is 0 Å². The molecule has 1 aromatic rings. The largest absolute Gasteiger partial charge is 0.420 e. The van der Waals surface area contributed by atoms with E-state index in [1.807, 2.05) is 13.2 Å². The van der Waals surface area contributed by atoms with E-state index >= 15 is 0 Å². The van der Waals surface area contributed by atoms with Gasteiger partial charge in [0.25, 0.3) is 0 Å². The van der Waals surface area contributed by atoms with Crippen LogP contribution in [-0.4, -0.2) is 15.4 Å². The molecule has 3 heteroatoms. The van der Waals surface area contributed by atoms with Gasteiger partial charge < -0.3 is 4.43 Å². The molecule has 0 aliphatic rings. The highest BCUT2D eigenvalue weighted by Crippen LogP contribution is 2.16. The van der Waals surface area contributed by atoms with E-state index in [0.717, 1.165) is 18.4 Å². The van der Waals surface area contributed by atoms with Crippen LogP contribution in [0.3, 0.4) is 0 Å². The zero-order valence-corrected chi connectivity index (χ0v) is 12.8. The standard InChI is InChI=1S/C15H25FOSi/c1-17-18(2,3)12-7-5-4-6-9-14-10-8-11-15(16)13-14/h8,10-11,13H,4-7,9,12H2,1-3H3. The summed E-state index contributed by atoms with van der Waals surface area (Å²) in [5, 5.41) is 0. The predicted octanol–water partition coefficient (Wildman–Crippen LogP) is 4.78. The van der Waals surface area contributed by atoms with E-state index in [1.165, 1.54) is 31.4 Å². The molecule has 1 rings (SSSR count). The van der Waals surface area contributed by atoms with Gasteiger partial charge in [0.1, 0.15) is 5.82 Å². The smallest absolute Gasteiger partial charge is 0.186 e. The van der Waals surface area contributed by atoms with Crippen molar-refractivity contribution in [3.8, 4) is 0 Å². The maximum atomic E-state index is 13.0. The average Bonchev–Trinajstić information content (AvgIpc) is 2.34. The Bertz CT molecular complexity index is 352. The maximum Gasteiger partial charge on any atom is 0.186 e. The number of benzene rings is 1. The molecule has 0 aliphatic heterocycles. The van der Waals surface area contributed by atoms with Crippen molar-refractivity contribution < 1.29 is 8.82 Å². The summed E-state index contributed by atoms with van der Waals surface area (Å²) in [4.78, 5) is 0. The number of hydrogen-bond acceptors (Lipinski definition) is 1. The number of aryl methyl sites for hydroxylation is 1. The monoisotopic (exact) mass is 268 g/mol. The van der Waals surface area contributed by atoms with Crippen LogP contribution in [0.1, 0.15) is 31.2 Å². The van der Waals surface area contributed by atoms with E-state index in [2.05, 4.69) is 13.1 Å². The lowest BCUT2D eigenvalue weighted by Gasteiger charge is -2.19. The summed E-state index contributed by atoms with van der Waals surface area (Å²) < 4.78 is 18.5. The highest BCUT2D eigenvalue weighted by molar-refractivity contribution is 6.71. The van der Waals surface area contributed by atoms with Gasteiger partial charge in [0.05, 0.1) is 0 Å². The molecular weight excluding hydrogens is 243 g/mol. The lowest BCUT2D eigenvalue weighted by atomic mass is 10.1. The fraction of sp³-hybridized carbons (Fsp3) is 0.600. The number of rotatable bonds is 8. The first-order valence-corrected chi connectivity index (χ1v) is 9.95. The molecule has 0 amide bonds. The van der Waals surface area contributed by atoms with E-state index in [9.17, 15) is 4.39 Å². The van der Waals surface area contributed by atoms with Crippen molar-refractivity contribution in [2.75, 3.05) is 7.11 Å². The maximum absolute atomic E-state index is 13.0. The molecule has 0 heterocycles. The third-order valence-electron chi connectivity index (χ3n) is 3.44. The normalized spacial score (nSPS) is 11.8. The zero-order chi connectivity index (χ0) is 13.4. The molecule has 0 saturated carbocycles. The molecule has 0 radical (unpaired) electrons. The van der Waals surface area contributed by atoms with Crippen LogP contribution in [0.4, 0.5) is 4.39 Å². The molecule has 0 aromatic heterocycles. The second-order valence-corrected chi connectivity index (χ2v) is 9.94.